The van der Waals surface area contributed by atoms with E-state index >= 15 is 0 Å². The molecule has 100 valence electrons. The number of rotatable bonds is 5. The van der Waals surface area contributed by atoms with Gasteiger partial charge in [-0.05, 0) is 49.0 Å². The van der Waals surface area contributed by atoms with Gasteiger partial charge in [-0.2, -0.15) is 11.8 Å². The number of halogens is 1. The van der Waals surface area contributed by atoms with Gasteiger partial charge in [0.15, 0.2) is 0 Å². The normalized spacial score (nSPS) is 15.4. The molecule has 0 unspecified atom stereocenters. The molecule has 0 bridgehead atoms. The van der Waals surface area contributed by atoms with Crippen LogP contribution in [-0.2, 0) is 5.75 Å². The van der Waals surface area contributed by atoms with Gasteiger partial charge < -0.3 is 9.73 Å². The van der Waals surface area contributed by atoms with E-state index in [-0.39, 0.29) is 0 Å². The first kappa shape index (κ1) is 13.0. The molecule has 2 aromatic rings. The van der Waals surface area contributed by atoms with Crippen LogP contribution in [0.5, 0.6) is 0 Å². The van der Waals surface area contributed by atoms with Gasteiger partial charge in [-0.15, -0.1) is 0 Å². The summed E-state index contributed by atoms with van der Waals surface area (Å²) in [4.78, 5) is 4.50. The van der Waals surface area contributed by atoms with E-state index in [4.69, 9.17) is 16.0 Å². The molecule has 3 nitrogen and oxygen atoms in total. The largest absolute Gasteiger partial charge is 0.444 e. The molecule has 3 rings (SSSR count). The Labute approximate surface area is 121 Å². The average molecular weight is 295 g/mol. The zero-order chi connectivity index (χ0) is 13.1. The lowest BCUT2D eigenvalue weighted by Gasteiger charge is -2.26. The number of nitrogens with zero attached hydrogens (tertiary/aromatic N) is 1. The number of oxazole rings is 1. The van der Waals surface area contributed by atoms with E-state index in [1.54, 1.807) is 6.26 Å². The van der Waals surface area contributed by atoms with Gasteiger partial charge >= 0.3 is 0 Å². The van der Waals surface area contributed by atoms with Crippen molar-refractivity contribution in [3.8, 4) is 11.5 Å². The molecule has 0 amide bonds. The molecule has 19 heavy (non-hydrogen) atoms. The lowest BCUT2D eigenvalue weighted by molar-refractivity contribution is 0.385. The van der Waals surface area contributed by atoms with Crippen LogP contribution in [0.4, 0.5) is 0 Å². The monoisotopic (exact) mass is 294 g/mol. The highest BCUT2D eigenvalue weighted by atomic mass is 35.5. The Kier molecular flexibility index (Phi) is 4.11. The van der Waals surface area contributed by atoms with Gasteiger partial charge in [-0.3, -0.25) is 0 Å². The Morgan fingerprint density at radius 1 is 1.32 bits per heavy atom. The minimum Gasteiger partial charge on any atom is -0.444 e. The van der Waals surface area contributed by atoms with Crippen LogP contribution < -0.4 is 5.32 Å². The SMILES string of the molecule is Clc1ccc(-c2nc(CSCC3CNC3)co2)cc1. The maximum Gasteiger partial charge on any atom is 0.226 e. The topological polar surface area (TPSA) is 38.1 Å². The maximum absolute atomic E-state index is 5.86. The van der Waals surface area contributed by atoms with E-state index in [1.165, 1.54) is 5.75 Å². The Balaban J connectivity index is 1.57. The predicted octanol–water partition coefficient (Wildman–Crippen LogP) is 3.45. The van der Waals surface area contributed by atoms with Gasteiger partial charge in [-0.1, -0.05) is 11.6 Å². The predicted molar refractivity (Wildman–Crippen MR) is 79.5 cm³/mol. The maximum atomic E-state index is 5.86. The lowest BCUT2D eigenvalue weighted by Crippen LogP contribution is -2.43. The zero-order valence-corrected chi connectivity index (χ0v) is 12.0. The van der Waals surface area contributed by atoms with Gasteiger partial charge in [0, 0.05) is 16.3 Å². The first-order chi connectivity index (χ1) is 9.31. The second-order valence-corrected chi connectivity index (χ2v) is 6.16. The Hall–Kier alpha value is -0.970. The molecule has 0 radical (unpaired) electrons. The first-order valence-corrected chi connectivity index (χ1v) is 7.83. The van der Waals surface area contributed by atoms with Crippen molar-refractivity contribution in [3.63, 3.8) is 0 Å². The summed E-state index contributed by atoms with van der Waals surface area (Å²) in [5.41, 5.74) is 1.96. The molecule has 1 aliphatic rings. The Morgan fingerprint density at radius 2 is 2.11 bits per heavy atom. The van der Waals surface area contributed by atoms with Gasteiger partial charge in [0.1, 0.15) is 6.26 Å². The highest BCUT2D eigenvalue weighted by Gasteiger charge is 2.16. The van der Waals surface area contributed by atoms with Crippen LogP contribution in [0.3, 0.4) is 0 Å². The molecule has 0 saturated carbocycles. The molecule has 5 heteroatoms. The number of thioether (sulfide) groups is 1. The van der Waals surface area contributed by atoms with Crippen LogP contribution in [0.1, 0.15) is 5.69 Å². The van der Waals surface area contributed by atoms with Crippen LogP contribution in [0, 0.1) is 5.92 Å². The smallest absolute Gasteiger partial charge is 0.226 e. The molecular weight excluding hydrogens is 280 g/mol. The van der Waals surface area contributed by atoms with E-state index < -0.39 is 0 Å². The minimum absolute atomic E-state index is 0.664. The van der Waals surface area contributed by atoms with Gasteiger partial charge in [0.2, 0.25) is 5.89 Å². The third-order valence-corrected chi connectivity index (χ3v) is 4.57. The standard InChI is InChI=1S/C14H15ClN2OS/c15-12-3-1-11(2-4-12)14-17-13(7-18-14)9-19-8-10-5-16-6-10/h1-4,7,10,16H,5-6,8-9H2. The molecule has 1 aromatic carbocycles. The lowest BCUT2D eigenvalue weighted by atomic mass is 10.1. The molecule has 0 spiro atoms. The number of benzene rings is 1. The second-order valence-electron chi connectivity index (χ2n) is 4.69. The Bertz CT molecular complexity index is 537. The summed E-state index contributed by atoms with van der Waals surface area (Å²) in [6.07, 6.45) is 1.75. The third-order valence-electron chi connectivity index (χ3n) is 3.11. The summed E-state index contributed by atoms with van der Waals surface area (Å²) >= 11 is 7.78. The zero-order valence-electron chi connectivity index (χ0n) is 10.4. The van der Waals surface area contributed by atoms with Crippen molar-refractivity contribution in [2.75, 3.05) is 18.8 Å². The molecule has 1 N–H and O–H groups in total. The van der Waals surface area contributed by atoms with Gasteiger partial charge in [0.25, 0.3) is 0 Å². The summed E-state index contributed by atoms with van der Waals surface area (Å²) in [6, 6.07) is 7.54. The number of nitrogens with one attached hydrogen (secondary N) is 1. The molecule has 1 saturated heterocycles. The summed E-state index contributed by atoms with van der Waals surface area (Å²) < 4.78 is 5.51. The van der Waals surface area contributed by atoms with Crippen LogP contribution >= 0.6 is 23.4 Å². The van der Waals surface area contributed by atoms with Crippen molar-refractivity contribution < 1.29 is 4.42 Å². The van der Waals surface area contributed by atoms with Crippen molar-refractivity contribution in [2.45, 2.75) is 5.75 Å². The van der Waals surface area contributed by atoms with E-state index in [1.807, 2.05) is 36.0 Å². The molecular formula is C14H15ClN2OS. The Morgan fingerprint density at radius 3 is 2.79 bits per heavy atom. The van der Waals surface area contributed by atoms with Crippen molar-refractivity contribution in [1.82, 2.24) is 10.3 Å². The molecule has 0 aliphatic carbocycles. The second kappa shape index (κ2) is 5.99. The molecule has 1 aliphatic heterocycles. The number of hydrogen-bond donors (Lipinski definition) is 1. The van der Waals surface area contributed by atoms with Crippen LogP contribution in [-0.4, -0.2) is 23.8 Å². The third kappa shape index (κ3) is 3.32. The highest BCUT2D eigenvalue weighted by Crippen LogP contribution is 2.23. The van der Waals surface area contributed by atoms with Crippen molar-refractivity contribution >= 4 is 23.4 Å². The average Bonchev–Trinajstić information content (AvgIpc) is 2.82. The number of hydrogen-bond acceptors (Lipinski definition) is 4. The van der Waals surface area contributed by atoms with Gasteiger partial charge in [-0.25, -0.2) is 4.98 Å². The molecule has 1 aromatic heterocycles. The molecule has 0 atom stereocenters. The van der Waals surface area contributed by atoms with E-state index in [0.717, 1.165) is 41.0 Å². The first-order valence-electron chi connectivity index (χ1n) is 6.30. The summed E-state index contributed by atoms with van der Waals surface area (Å²) in [5.74, 6) is 3.59. The highest BCUT2D eigenvalue weighted by molar-refractivity contribution is 7.98. The molecule has 2 heterocycles. The molecule has 1 fully saturated rings. The fraction of sp³-hybridized carbons (Fsp3) is 0.357. The fourth-order valence-electron chi connectivity index (χ4n) is 1.89. The summed E-state index contributed by atoms with van der Waals surface area (Å²) in [5, 5.41) is 4.00. The van der Waals surface area contributed by atoms with E-state index in [2.05, 4.69) is 10.3 Å². The van der Waals surface area contributed by atoms with Crippen LogP contribution in [0.25, 0.3) is 11.5 Å². The van der Waals surface area contributed by atoms with Crippen LogP contribution in [0.15, 0.2) is 34.9 Å². The fourth-order valence-corrected chi connectivity index (χ4v) is 3.05. The van der Waals surface area contributed by atoms with E-state index in [0.29, 0.717) is 5.89 Å². The number of aromatic nitrogens is 1. The quantitative estimate of drug-likeness (QED) is 0.916. The summed E-state index contributed by atoms with van der Waals surface area (Å²) in [7, 11) is 0. The van der Waals surface area contributed by atoms with E-state index in [9.17, 15) is 0 Å². The minimum atomic E-state index is 0.664. The summed E-state index contributed by atoms with van der Waals surface area (Å²) in [6.45, 7) is 2.31. The van der Waals surface area contributed by atoms with Crippen molar-refractivity contribution in [2.24, 2.45) is 5.92 Å². The van der Waals surface area contributed by atoms with Crippen molar-refractivity contribution in [1.29, 1.82) is 0 Å². The van der Waals surface area contributed by atoms with Gasteiger partial charge in [0.05, 0.1) is 5.69 Å². The van der Waals surface area contributed by atoms with Crippen LogP contribution in [0.2, 0.25) is 5.02 Å². The van der Waals surface area contributed by atoms with Crippen molar-refractivity contribution in [3.05, 3.63) is 41.2 Å².